The van der Waals surface area contributed by atoms with Gasteiger partial charge in [-0.25, -0.2) is 9.07 Å². The van der Waals surface area contributed by atoms with Crippen LogP contribution in [0.2, 0.25) is 0 Å². The number of carbonyl (C=O) groups excluding carboxylic acids is 1. The van der Waals surface area contributed by atoms with E-state index in [-0.39, 0.29) is 24.8 Å². The maximum absolute atomic E-state index is 13.1. The van der Waals surface area contributed by atoms with E-state index in [4.69, 9.17) is 4.74 Å². The molecule has 0 aliphatic heterocycles. The maximum atomic E-state index is 13.1. The number of rotatable bonds is 6. The van der Waals surface area contributed by atoms with Gasteiger partial charge in [-0.05, 0) is 47.9 Å². The van der Waals surface area contributed by atoms with Gasteiger partial charge in [0.25, 0.3) is 0 Å². The molecule has 0 saturated heterocycles. The Balaban J connectivity index is 1.47. The summed E-state index contributed by atoms with van der Waals surface area (Å²) in [6.07, 6.45) is 4.28. The number of halogens is 1. The lowest BCUT2D eigenvalue weighted by Gasteiger charge is -2.07. The number of benzene rings is 2. The molecule has 2 aromatic carbocycles. The molecule has 0 aliphatic rings. The molecule has 1 aromatic heterocycles. The van der Waals surface area contributed by atoms with E-state index in [1.165, 1.54) is 12.1 Å². The Morgan fingerprint density at radius 2 is 1.92 bits per heavy atom. The first-order valence-electron chi connectivity index (χ1n) is 7.70. The fourth-order valence-corrected chi connectivity index (χ4v) is 2.34. The van der Waals surface area contributed by atoms with Crippen molar-refractivity contribution in [1.82, 2.24) is 9.78 Å². The fourth-order valence-electron chi connectivity index (χ4n) is 2.34. The van der Waals surface area contributed by atoms with Gasteiger partial charge in [0, 0.05) is 18.8 Å². The van der Waals surface area contributed by atoms with Gasteiger partial charge in [-0.3, -0.25) is 4.79 Å². The molecule has 0 aliphatic carbocycles. The van der Waals surface area contributed by atoms with Gasteiger partial charge in [0.1, 0.15) is 12.4 Å². The highest BCUT2D eigenvalue weighted by molar-refractivity contribution is 5.69. The molecule has 0 N–H and O–H groups in total. The second-order valence-electron chi connectivity index (χ2n) is 5.41. The Morgan fingerprint density at radius 1 is 1.08 bits per heavy atom. The summed E-state index contributed by atoms with van der Waals surface area (Å²) in [6.45, 7) is 0.224. The smallest absolute Gasteiger partial charge is 0.306 e. The molecule has 0 radical (unpaired) electrons. The lowest BCUT2D eigenvalue weighted by Crippen LogP contribution is -2.06. The summed E-state index contributed by atoms with van der Waals surface area (Å²) >= 11 is 0. The minimum absolute atomic E-state index is 0.224. The molecule has 0 amide bonds. The van der Waals surface area contributed by atoms with Crippen molar-refractivity contribution in [1.29, 1.82) is 0 Å². The third-order valence-electron chi connectivity index (χ3n) is 3.61. The summed E-state index contributed by atoms with van der Waals surface area (Å²) in [4.78, 5) is 11.8. The van der Waals surface area contributed by atoms with Crippen molar-refractivity contribution >= 4 is 5.97 Å². The third-order valence-corrected chi connectivity index (χ3v) is 3.61. The lowest BCUT2D eigenvalue weighted by atomic mass is 10.1. The Morgan fingerprint density at radius 3 is 2.62 bits per heavy atom. The van der Waals surface area contributed by atoms with Crippen LogP contribution in [0.4, 0.5) is 4.39 Å². The highest BCUT2D eigenvalue weighted by Gasteiger charge is 2.05. The topological polar surface area (TPSA) is 44.1 Å². The molecule has 0 saturated carbocycles. The van der Waals surface area contributed by atoms with Crippen LogP contribution in [-0.4, -0.2) is 15.7 Å². The van der Waals surface area contributed by atoms with Gasteiger partial charge in [0.2, 0.25) is 0 Å². The normalized spacial score (nSPS) is 10.5. The molecule has 4 nitrogen and oxygen atoms in total. The van der Waals surface area contributed by atoms with Crippen molar-refractivity contribution in [3.63, 3.8) is 0 Å². The number of nitrogens with zero attached hydrogens (tertiary/aromatic N) is 2. The van der Waals surface area contributed by atoms with E-state index in [0.29, 0.717) is 6.42 Å². The summed E-state index contributed by atoms with van der Waals surface area (Å²) in [6, 6.07) is 15.7. The summed E-state index contributed by atoms with van der Waals surface area (Å²) in [5, 5.41) is 4.15. The third kappa shape index (κ3) is 4.29. The molecule has 3 rings (SSSR count). The zero-order valence-electron chi connectivity index (χ0n) is 13.1. The number of hydrogen-bond acceptors (Lipinski definition) is 3. The van der Waals surface area contributed by atoms with Crippen molar-refractivity contribution in [2.75, 3.05) is 0 Å². The Labute approximate surface area is 139 Å². The first-order valence-corrected chi connectivity index (χ1v) is 7.70. The number of hydrogen-bond donors (Lipinski definition) is 0. The molecule has 5 heteroatoms. The Hall–Kier alpha value is -2.95. The Bertz CT molecular complexity index is 798. The molecule has 122 valence electrons. The molecule has 0 fully saturated rings. The monoisotopic (exact) mass is 324 g/mol. The summed E-state index contributed by atoms with van der Waals surface area (Å²) in [5.74, 6) is -0.589. The molecule has 0 unspecified atom stereocenters. The largest absolute Gasteiger partial charge is 0.461 e. The van der Waals surface area contributed by atoms with Crippen LogP contribution in [0, 0.1) is 5.82 Å². The van der Waals surface area contributed by atoms with Crippen LogP contribution in [0.15, 0.2) is 67.0 Å². The molecule has 0 spiro atoms. The van der Waals surface area contributed by atoms with E-state index in [9.17, 15) is 9.18 Å². The van der Waals surface area contributed by atoms with Crippen molar-refractivity contribution in [2.45, 2.75) is 19.4 Å². The quantitative estimate of drug-likeness (QED) is 0.650. The van der Waals surface area contributed by atoms with Crippen molar-refractivity contribution < 1.29 is 13.9 Å². The first kappa shape index (κ1) is 15.9. The highest BCUT2D eigenvalue weighted by Crippen LogP contribution is 2.11. The molecule has 3 aromatic rings. The SMILES string of the molecule is O=C(CCc1cccc(F)c1)OCc1ccc(-n2cccn2)cc1. The molecule has 24 heavy (non-hydrogen) atoms. The zero-order chi connectivity index (χ0) is 16.8. The summed E-state index contributed by atoms with van der Waals surface area (Å²) in [5.41, 5.74) is 2.64. The number of aryl methyl sites for hydroxylation is 1. The Kier molecular flexibility index (Phi) is 5.01. The van der Waals surface area contributed by atoms with E-state index >= 15 is 0 Å². The molecular weight excluding hydrogens is 307 g/mol. The molecule has 0 atom stereocenters. The summed E-state index contributed by atoms with van der Waals surface area (Å²) in [7, 11) is 0. The van der Waals surface area contributed by atoms with E-state index in [1.54, 1.807) is 23.0 Å². The molecule has 1 heterocycles. The van der Waals surface area contributed by atoms with E-state index in [2.05, 4.69) is 5.10 Å². The molecular formula is C19H17FN2O2. The van der Waals surface area contributed by atoms with Crippen LogP contribution >= 0.6 is 0 Å². The average molecular weight is 324 g/mol. The number of carbonyl (C=O) groups is 1. The van der Waals surface area contributed by atoms with Crippen LogP contribution in [0.5, 0.6) is 0 Å². The van der Waals surface area contributed by atoms with Crippen LogP contribution in [0.1, 0.15) is 17.5 Å². The van der Waals surface area contributed by atoms with Crippen LogP contribution in [0.3, 0.4) is 0 Å². The minimum Gasteiger partial charge on any atom is -0.461 e. The highest BCUT2D eigenvalue weighted by atomic mass is 19.1. The minimum atomic E-state index is -0.296. The summed E-state index contributed by atoms with van der Waals surface area (Å²) < 4.78 is 20.1. The van der Waals surface area contributed by atoms with E-state index < -0.39 is 0 Å². The van der Waals surface area contributed by atoms with Gasteiger partial charge in [-0.1, -0.05) is 24.3 Å². The van der Waals surface area contributed by atoms with Crippen molar-refractivity contribution in [2.24, 2.45) is 0 Å². The predicted molar refractivity (Wildman–Crippen MR) is 88.1 cm³/mol. The van der Waals surface area contributed by atoms with Gasteiger partial charge in [0.05, 0.1) is 5.69 Å². The van der Waals surface area contributed by atoms with E-state index in [1.807, 2.05) is 36.5 Å². The maximum Gasteiger partial charge on any atom is 0.306 e. The number of aromatic nitrogens is 2. The predicted octanol–water partition coefficient (Wildman–Crippen LogP) is 3.69. The van der Waals surface area contributed by atoms with Gasteiger partial charge in [-0.2, -0.15) is 5.10 Å². The van der Waals surface area contributed by atoms with Crippen molar-refractivity contribution in [3.05, 3.63) is 83.9 Å². The van der Waals surface area contributed by atoms with Crippen LogP contribution < -0.4 is 0 Å². The average Bonchev–Trinajstić information content (AvgIpc) is 3.13. The van der Waals surface area contributed by atoms with Gasteiger partial charge in [-0.15, -0.1) is 0 Å². The van der Waals surface area contributed by atoms with Crippen LogP contribution in [-0.2, 0) is 22.6 Å². The number of ether oxygens (including phenoxy) is 1. The standard InChI is InChI=1S/C19H17FN2O2/c20-17-4-1-3-15(13-17)7-10-19(23)24-14-16-5-8-18(9-6-16)22-12-2-11-21-22/h1-6,8-9,11-13H,7,10,14H2. The number of esters is 1. The van der Waals surface area contributed by atoms with Crippen molar-refractivity contribution in [3.8, 4) is 5.69 Å². The second kappa shape index (κ2) is 7.55. The van der Waals surface area contributed by atoms with Gasteiger partial charge < -0.3 is 4.74 Å². The second-order valence-corrected chi connectivity index (χ2v) is 5.41. The molecule has 0 bridgehead atoms. The zero-order valence-corrected chi connectivity index (χ0v) is 13.1. The lowest BCUT2D eigenvalue weighted by molar-refractivity contribution is -0.144. The van der Waals surface area contributed by atoms with E-state index in [0.717, 1.165) is 16.8 Å². The van der Waals surface area contributed by atoms with Gasteiger partial charge in [0.15, 0.2) is 0 Å². The van der Waals surface area contributed by atoms with Crippen LogP contribution in [0.25, 0.3) is 5.69 Å². The van der Waals surface area contributed by atoms with Gasteiger partial charge >= 0.3 is 5.97 Å². The first-order chi connectivity index (χ1) is 11.7. The fraction of sp³-hybridized carbons (Fsp3) is 0.158.